The molecule has 0 amide bonds. The summed E-state index contributed by atoms with van der Waals surface area (Å²) in [7, 11) is 0. The maximum atomic E-state index is 9.13. The van der Waals surface area contributed by atoms with Crippen molar-refractivity contribution in [1.82, 2.24) is 0 Å². The van der Waals surface area contributed by atoms with Gasteiger partial charge in [-0.25, -0.2) is 0 Å². The average molecular weight is 294 g/mol. The Kier molecular flexibility index (Phi) is 4.09. The molecule has 0 atom stereocenters. The van der Waals surface area contributed by atoms with Crippen LogP contribution in [-0.4, -0.2) is 18.2 Å². The molecule has 1 saturated carbocycles. The van der Waals surface area contributed by atoms with E-state index in [4.69, 9.17) is 11.5 Å². The molecular formula is C14H16BrNO. The van der Waals surface area contributed by atoms with Gasteiger partial charge in [-0.2, -0.15) is 0 Å². The van der Waals surface area contributed by atoms with Crippen molar-refractivity contribution in [3.05, 3.63) is 28.2 Å². The van der Waals surface area contributed by atoms with Gasteiger partial charge in [0.15, 0.2) is 0 Å². The first-order valence-corrected chi connectivity index (χ1v) is 6.61. The summed E-state index contributed by atoms with van der Waals surface area (Å²) in [6.07, 6.45) is 8.05. The van der Waals surface area contributed by atoms with Crippen LogP contribution in [0.5, 0.6) is 0 Å². The van der Waals surface area contributed by atoms with Crippen molar-refractivity contribution in [3.63, 3.8) is 0 Å². The molecule has 1 aromatic rings. The van der Waals surface area contributed by atoms with E-state index in [0.717, 1.165) is 28.2 Å². The van der Waals surface area contributed by atoms with Crippen LogP contribution in [0.4, 0.5) is 5.69 Å². The lowest BCUT2D eigenvalue weighted by molar-refractivity contribution is 0.281. The Bertz CT molecular complexity index is 434. The highest BCUT2D eigenvalue weighted by molar-refractivity contribution is 9.10. The van der Waals surface area contributed by atoms with Crippen molar-refractivity contribution in [2.75, 3.05) is 18.0 Å². The van der Waals surface area contributed by atoms with Crippen molar-refractivity contribution in [2.45, 2.75) is 19.4 Å². The lowest BCUT2D eigenvalue weighted by Gasteiger charge is -2.23. The first kappa shape index (κ1) is 12.5. The zero-order valence-corrected chi connectivity index (χ0v) is 11.3. The number of anilines is 1. The lowest BCUT2D eigenvalue weighted by Crippen LogP contribution is -2.26. The first-order chi connectivity index (χ1) is 8.24. The van der Waals surface area contributed by atoms with Crippen LogP contribution in [0, 0.1) is 18.3 Å². The molecule has 90 valence electrons. The SMILES string of the molecule is C#CCN(CC1CC1)c1ccc(CO)c(Br)c1. The van der Waals surface area contributed by atoms with Gasteiger partial charge in [-0.05, 0) is 36.5 Å². The summed E-state index contributed by atoms with van der Waals surface area (Å²) in [4.78, 5) is 2.23. The predicted molar refractivity (Wildman–Crippen MR) is 73.8 cm³/mol. The Hall–Kier alpha value is -0.980. The van der Waals surface area contributed by atoms with Crippen LogP contribution >= 0.6 is 15.9 Å². The Morgan fingerprint density at radius 1 is 1.47 bits per heavy atom. The standard InChI is InChI=1S/C14H16BrNO/c1-2-7-16(9-11-3-4-11)13-6-5-12(10-17)14(15)8-13/h1,5-6,8,11,17H,3-4,7,9-10H2. The summed E-state index contributed by atoms with van der Waals surface area (Å²) in [5.41, 5.74) is 2.03. The third-order valence-electron chi connectivity index (χ3n) is 3.03. The van der Waals surface area contributed by atoms with E-state index >= 15 is 0 Å². The minimum absolute atomic E-state index is 0.0542. The Morgan fingerprint density at radius 2 is 2.24 bits per heavy atom. The minimum atomic E-state index is 0.0542. The molecule has 1 N–H and O–H groups in total. The predicted octanol–water partition coefficient (Wildman–Crippen LogP) is 2.79. The summed E-state index contributed by atoms with van der Waals surface area (Å²) in [5.74, 6) is 3.51. The maximum absolute atomic E-state index is 9.13. The van der Waals surface area contributed by atoms with E-state index < -0.39 is 0 Å². The van der Waals surface area contributed by atoms with Crippen LogP contribution in [0.2, 0.25) is 0 Å². The summed E-state index contributed by atoms with van der Waals surface area (Å²) < 4.78 is 0.940. The number of nitrogens with zero attached hydrogens (tertiary/aromatic N) is 1. The number of halogens is 1. The van der Waals surface area contributed by atoms with Gasteiger partial charge in [0.25, 0.3) is 0 Å². The van der Waals surface area contributed by atoms with E-state index in [9.17, 15) is 0 Å². The molecule has 0 aliphatic heterocycles. The van der Waals surface area contributed by atoms with Crippen LogP contribution < -0.4 is 4.90 Å². The maximum Gasteiger partial charge on any atom is 0.0791 e. The topological polar surface area (TPSA) is 23.5 Å². The quantitative estimate of drug-likeness (QED) is 0.844. The number of aliphatic hydroxyl groups is 1. The fourth-order valence-electron chi connectivity index (χ4n) is 1.84. The molecule has 0 spiro atoms. The highest BCUT2D eigenvalue weighted by atomic mass is 79.9. The number of rotatable bonds is 5. The van der Waals surface area contributed by atoms with E-state index in [1.54, 1.807) is 0 Å². The molecule has 0 saturated heterocycles. The van der Waals surface area contributed by atoms with Crippen LogP contribution in [0.15, 0.2) is 22.7 Å². The van der Waals surface area contributed by atoms with E-state index in [0.29, 0.717) is 6.54 Å². The number of hydrogen-bond acceptors (Lipinski definition) is 2. The molecule has 1 aromatic carbocycles. The summed E-state index contributed by atoms with van der Waals surface area (Å²) in [6, 6.07) is 6.00. The van der Waals surface area contributed by atoms with Crippen molar-refractivity contribution in [1.29, 1.82) is 0 Å². The molecule has 17 heavy (non-hydrogen) atoms. The van der Waals surface area contributed by atoms with E-state index in [-0.39, 0.29) is 6.61 Å². The first-order valence-electron chi connectivity index (χ1n) is 5.82. The normalized spacial score (nSPS) is 14.4. The molecule has 1 aliphatic carbocycles. The third-order valence-corrected chi connectivity index (χ3v) is 3.77. The fourth-order valence-corrected chi connectivity index (χ4v) is 2.34. The van der Waals surface area contributed by atoms with Gasteiger partial charge in [-0.15, -0.1) is 6.42 Å². The highest BCUT2D eigenvalue weighted by Crippen LogP contribution is 2.32. The van der Waals surface area contributed by atoms with Crippen LogP contribution in [0.3, 0.4) is 0 Å². The van der Waals surface area contributed by atoms with E-state index in [2.05, 4.69) is 26.8 Å². The molecule has 1 fully saturated rings. The van der Waals surface area contributed by atoms with Crippen molar-refractivity contribution < 1.29 is 5.11 Å². The number of aliphatic hydroxyl groups excluding tert-OH is 1. The second-order valence-electron chi connectivity index (χ2n) is 4.46. The van der Waals surface area contributed by atoms with Gasteiger partial charge >= 0.3 is 0 Å². The molecule has 2 nitrogen and oxygen atoms in total. The lowest BCUT2D eigenvalue weighted by atomic mass is 10.2. The summed E-state index contributed by atoms with van der Waals surface area (Å²) >= 11 is 3.47. The fraction of sp³-hybridized carbons (Fsp3) is 0.429. The third kappa shape index (κ3) is 3.24. The largest absolute Gasteiger partial charge is 0.392 e. The smallest absolute Gasteiger partial charge is 0.0791 e. The number of benzene rings is 1. The van der Waals surface area contributed by atoms with Gasteiger partial charge in [0.05, 0.1) is 13.2 Å². The van der Waals surface area contributed by atoms with Crippen molar-refractivity contribution in [2.24, 2.45) is 5.92 Å². The Labute approximate surface area is 111 Å². The van der Waals surface area contributed by atoms with Gasteiger partial charge < -0.3 is 10.0 Å². The number of terminal acetylenes is 1. The van der Waals surface area contributed by atoms with Gasteiger partial charge in [0, 0.05) is 16.7 Å². The monoisotopic (exact) mass is 293 g/mol. The molecule has 1 aliphatic rings. The second kappa shape index (κ2) is 5.57. The average Bonchev–Trinajstić information content (AvgIpc) is 3.12. The molecule has 0 aromatic heterocycles. The van der Waals surface area contributed by atoms with Crippen molar-refractivity contribution >= 4 is 21.6 Å². The van der Waals surface area contributed by atoms with Gasteiger partial charge in [0.2, 0.25) is 0 Å². The Balaban J connectivity index is 2.16. The van der Waals surface area contributed by atoms with Crippen LogP contribution in [-0.2, 0) is 6.61 Å². The zero-order valence-electron chi connectivity index (χ0n) is 9.69. The van der Waals surface area contributed by atoms with E-state index in [1.165, 1.54) is 12.8 Å². The molecule has 0 unspecified atom stereocenters. The van der Waals surface area contributed by atoms with Gasteiger partial charge in [0.1, 0.15) is 0 Å². The molecule has 0 bridgehead atoms. The van der Waals surface area contributed by atoms with Crippen LogP contribution in [0.1, 0.15) is 18.4 Å². The van der Waals surface area contributed by atoms with Crippen molar-refractivity contribution in [3.8, 4) is 12.3 Å². The molecular weight excluding hydrogens is 278 g/mol. The summed E-state index contributed by atoms with van der Waals surface area (Å²) in [6.45, 7) is 1.73. The second-order valence-corrected chi connectivity index (χ2v) is 5.32. The molecule has 0 heterocycles. The summed E-state index contributed by atoms with van der Waals surface area (Å²) in [5, 5.41) is 9.13. The van der Waals surface area contributed by atoms with Crippen LogP contribution in [0.25, 0.3) is 0 Å². The van der Waals surface area contributed by atoms with E-state index in [1.807, 2.05) is 18.2 Å². The minimum Gasteiger partial charge on any atom is -0.392 e. The highest BCUT2D eigenvalue weighted by Gasteiger charge is 2.24. The molecule has 3 heteroatoms. The molecule has 0 radical (unpaired) electrons. The number of hydrogen-bond donors (Lipinski definition) is 1. The van der Waals surface area contributed by atoms with Gasteiger partial charge in [-0.1, -0.05) is 27.9 Å². The molecule has 2 rings (SSSR count). The van der Waals surface area contributed by atoms with Gasteiger partial charge in [-0.3, -0.25) is 0 Å². The zero-order chi connectivity index (χ0) is 12.3. The Morgan fingerprint density at radius 3 is 2.76 bits per heavy atom.